The van der Waals surface area contributed by atoms with Crippen molar-refractivity contribution in [1.82, 2.24) is 15.5 Å². The van der Waals surface area contributed by atoms with E-state index in [9.17, 15) is 9.59 Å². The second kappa shape index (κ2) is 11.8. The zero-order valence-corrected chi connectivity index (χ0v) is 20.6. The summed E-state index contributed by atoms with van der Waals surface area (Å²) in [6.45, 7) is 4.27. The standard InChI is InChI=1S/C23H33Cl2N3O2S/c1-2-3-4-5-6-21(29)28-13-10-23(11-14-28)27-20(16-31-23)22(30)26-12-9-17-7-8-18(24)15-19(17)25/h7-8,15,20,27H,2-6,9-14,16H2,1H3,(H,26,30). The number of benzene rings is 1. The number of hydrogen-bond acceptors (Lipinski definition) is 4. The van der Waals surface area contributed by atoms with Crippen molar-refractivity contribution in [3.63, 3.8) is 0 Å². The normalized spacial score (nSPS) is 20.2. The van der Waals surface area contributed by atoms with Crippen molar-refractivity contribution in [2.75, 3.05) is 25.4 Å². The molecule has 0 aliphatic carbocycles. The molecule has 2 N–H and O–H groups in total. The number of piperidine rings is 1. The van der Waals surface area contributed by atoms with Gasteiger partial charge < -0.3 is 10.2 Å². The number of hydrogen-bond donors (Lipinski definition) is 2. The maximum atomic E-state index is 12.6. The summed E-state index contributed by atoms with van der Waals surface area (Å²) in [5, 5.41) is 7.83. The first-order valence-electron chi connectivity index (χ1n) is 11.3. The first-order chi connectivity index (χ1) is 14.9. The van der Waals surface area contributed by atoms with E-state index in [-0.39, 0.29) is 22.7 Å². The molecular formula is C23H33Cl2N3O2S. The SMILES string of the molecule is CCCCCCC(=O)N1CCC2(CC1)NC(C(=O)NCCc1ccc(Cl)cc1Cl)CS2. The van der Waals surface area contributed by atoms with Crippen LogP contribution in [0.5, 0.6) is 0 Å². The van der Waals surface area contributed by atoms with E-state index in [1.807, 2.05) is 28.8 Å². The summed E-state index contributed by atoms with van der Waals surface area (Å²) in [5.74, 6) is 1.08. The minimum atomic E-state index is -0.193. The van der Waals surface area contributed by atoms with Crippen molar-refractivity contribution in [1.29, 1.82) is 0 Å². The molecule has 2 fully saturated rings. The van der Waals surface area contributed by atoms with E-state index in [2.05, 4.69) is 17.6 Å². The average molecular weight is 487 g/mol. The van der Waals surface area contributed by atoms with Crippen LogP contribution in [0, 0.1) is 0 Å². The predicted molar refractivity (Wildman–Crippen MR) is 130 cm³/mol. The number of carbonyl (C=O) groups excluding carboxylic acids is 2. The molecule has 5 nitrogen and oxygen atoms in total. The molecule has 0 saturated carbocycles. The van der Waals surface area contributed by atoms with Crippen molar-refractivity contribution in [3.8, 4) is 0 Å². The van der Waals surface area contributed by atoms with Gasteiger partial charge in [0.05, 0.1) is 10.9 Å². The van der Waals surface area contributed by atoms with E-state index < -0.39 is 0 Å². The molecule has 0 aromatic heterocycles. The number of thioether (sulfide) groups is 1. The van der Waals surface area contributed by atoms with Crippen LogP contribution >= 0.6 is 35.0 Å². The van der Waals surface area contributed by atoms with Crippen LogP contribution in [0.3, 0.4) is 0 Å². The smallest absolute Gasteiger partial charge is 0.238 e. The highest BCUT2D eigenvalue weighted by atomic mass is 35.5. The van der Waals surface area contributed by atoms with Gasteiger partial charge in [0.1, 0.15) is 0 Å². The lowest BCUT2D eigenvalue weighted by Gasteiger charge is -2.39. The third-order valence-corrected chi connectivity index (χ3v) is 8.32. The van der Waals surface area contributed by atoms with Crippen molar-refractivity contribution in [2.24, 2.45) is 0 Å². The Hall–Kier alpha value is -0.950. The van der Waals surface area contributed by atoms with Gasteiger partial charge >= 0.3 is 0 Å². The minimum absolute atomic E-state index is 0.0314. The lowest BCUT2D eigenvalue weighted by Crippen LogP contribution is -2.54. The molecule has 1 aromatic rings. The molecule has 0 bridgehead atoms. The highest BCUT2D eigenvalue weighted by Gasteiger charge is 2.44. The Morgan fingerprint density at radius 1 is 1.23 bits per heavy atom. The zero-order valence-electron chi connectivity index (χ0n) is 18.2. The number of nitrogens with one attached hydrogen (secondary N) is 2. The van der Waals surface area contributed by atoms with Crippen molar-refractivity contribution in [2.45, 2.75) is 69.2 Å². The molecule has 172 valence electrons. The summed E-state index contributed by atoms with van der Waals surface area (Å²) in [5.41, 5.74) is 0.975. The Morgan fingerprint density at radius 2 is 2.00 bits per heavy atom. The largest absolute Gasteiger partial charge is 0.354 e. The summed E-state index contributed by atoms with van der Waals surface area (Å²) in [4.78, 5) is 27.0. The minimum Gasteiger partial charge on any atom is -0.354 e. The highest BCUT2D eigenvalue weighted by Crippen LogP contribution is 2.39. The van der Waals surface area contributed by atoms with Gasteiger partial charge in [-0.05, 0) is 43.4 Å². The van der Waals surface area contributed by atoms with Crippen LogP contribution < -0.4 is 10.6 Å². The fourth-order valence-electron chi connectivity index (χ4n) is 4.22. The molecule has 3 rings (SSSR count). The van der Waals surface area contributed by atoms with E-state index in [0.717, 1.165) is 50.1 Å². The molecule has 1 atom stereocenters. The van der Waals surface area contributed by atoms with Gasteiger partial charge in [0.2, 0.25) is 11.8 Å². The van der Waals surface area contributed by atoms with Crippen LogP contribution in [0.15, 0.2) is 18.2 Å². The molecule has 1 aromatic carbocycles. The average Bonchev–Trinajstić information content (AvgIpc) is 3.16. The van der Waals surface area contributed by atoms with E-state index >= 15 is 0 Å². The summed E-state index contributed by atoms with van der Waals surface area (Å²) in [6, 6.07) is 5.24. The molecule has 31 heavy (non-hydrogen) atoms. The molecule has 0 radical (unpaired) electrons. The summed E-state index contributed by atoms with van der Waals surface area (Å²) < 4.78 is 0. The lowest BCUT2D eigenvalue weighted by atomic mass is 10.0. The monoisotopic (exact) mass is 485 g/mol. The number of carbonyl (C=O) groups is 2. The first-order valence-corrected chi connectivity index (χ1v) is 13.1. The lowest BCUT2D eigenvalue weighted by molar-refractivity contribution is -0.132. The fourth-order valence-corrected chi connectivity index (χ4v) is 6.14. The summed E-state index contributed by atoms with van der Waals surface area (Å²) in [6.07, 6.45) is 7.63. The molecule has 2 amide bonds. The second-order valence-corrected chi connectivity index (χ2v) is 10.7. The van der Waals surface area contributed by atoms with E-state index in [1.54, 1.807) is 6.07 Å². The van der Waals surface area contributed by atoms with Crippen LogP contribution in [0.25, 0.3) is 0 Å². The van der Waals surface area contributed by atoms with Gasteiger partial charge in [-0.2, -0.15) is 0 Å². The van der Waals surface area contributed by atoms with Gasteiger partial charge in [0, 0.05) is 41.9 Å². The van der Waals surface area contributed by atoms with Crippen LogP contribution in [-0.2, 0) is 16.0 Å². The second-order valence-electron chi connectivity index (χ2n) is 8.47. The molecule has 8 heteroatoms. The third kappa shape index (κ3) is 7.01. The van der Waals surface area contributed by atoms with Gasteiger partial charge in [-0.1, -0.05) is 55.5 Å². The number of halogens is 2. The van der Waals surface area contributed by atoms with Gasteiger partial charge in [0.25, 0.3) is 0 Å². The van der Waals surface area contributed by atoms with E-state index in [0.29, 0.717) is 29.4 Å². The van der Waals surface area contributed by atoms with Gasteiger partial charge in [-0.15, -0.1) is 11.8 Å². The van der Waals surface area contributed by atoms with Crippen LogP contribution in [0.2, 0.25) is 10.0 Å². The maximum absolute atomic E-state index is 12.6. The number of unbranched alkanes of at least 4 members (excludes halogenated alkanes) is 3. The van der Waals surface area contributed by atoms with Crippen LogP contribution in [0.1, 0.15) is 57.4 Å². The van der Waals surface area contributed by atoms with Crippen LogP contribution in [-0.4, -0.2) is 53.0 Å². The van der Waals surface area contributed by atoms with Crippen molar-refractivity contribution >= 4 is 46.8 Å². The molecule has 2 aliphatic heterocycles. The Kier molecular flexibility index (Phi) is 9.38. The van der Waals surface area contributed by atoms with Gasteiger partial charge in [-0.3, -0.25) is 14.9 Å². The van der Waals surface area contributed by atoms with E-state index in [1.165, 1.54) is 12.8 Å². The molecule has 1 unspecified atom stereocenters. The Balaban J connectivity index is 1.38. The Bertz CT molecular complexity index is 769. The van der Waals surface area contributed by atoms with Gasteiger partial charge in [-0.25, -0.2) is 0 Å². The molecule has 2 heterocycles. The molecule has 2 aliphatic rings. The molecule has 2 saturated heterocycles. The number of rotatable bonds is 9. The first kappa shape index (κ1) is 24.7. The van der Waals surface area contributed by atoms with Crippen molar-refractivity contribution in [3.05, 3.63) is 33.8 Å². The van der Waals surface area contributed by atoms with E-state index in [4.69, 9.17) is 23.2 Å². The summed E-state index contributed by atoms with van der Waals surface area (Å²) >= 11 is 14.0. The Labute approximate surface area is 200 Å². The number of nitrogens with zero attached hydrogens (tertiary/aromatic N) is 1. The zero-order chi connectivity index (χ0) is 22.3. The third-order valence-electron chi connectivity index (χ3n) is 6.16. The maximum Gasteiger partial charge on any atom is 0.238 e. The van der Waals surface area contributed by atoms with Gasteiger partial charge in [0.15, 0.2) is 0 Å². The number of amides is 2. The summed E-state index contributed by atoms with van der Waals surface area (Å²) in [7, 11) is 0. The molecular weight excluding hydrogens is 453 g/mol. The Morgan fingerprint density at radius 3 is 2.71 bits per heavy atom. The topological polar surface area (TPSA) is 61.4 Å². The quantitative estimate of drug-likeness (QED) is 0.499. The number of likely N-dealkylation sites (tertiary alicyclic amines) is 1. The fraction of sp³-hybridized carbons (Fsp3) is 0.652. The predicted octanol–water partition coefficient (Wildman–Crippen LogP) is 4.65. The highest BCUT2D eigenvalue weighted by molar-refractivity contribution is 8.01. The van der Waals surface area contributed by atoms with Crippen LogP contribution in [0.4, 0.5) is 0 Å². The van der Waals surface area contributed by atoms with Crippen molar-refractivity contribution < 1.29 is 9.59 Å². The molecule has 1 spiro atoms.